The first-order valence-corrected chi connectivity index (χ1v) is 10.4. The Morgan fingerprint density at radius 1 is 1.12 bits per heavy atom. The third-order valence-corrected chi connectivity index (χ3v) is 6.50. The van der Waals surface area contributed by atoms with E-state index in [0.717, 1.165) is 12.1 Å². The van der Waals surface area contributed by atoms with Crippen molar-refractivity contribution in [2.75, 3.05) is 11.9 Å². The highest BCUT2D eigenvalue weighted by molar-refractivity contribution is 7.90. The Balaban J connectivity index is 2.32. The molecular formula is C19H32N2O3S. The van der Waals surface area contributed by atoms with Gasteiger partial charge in [0.25, 0.3) is 0 Å². The van der Waals surface area contributed by atoms with Crippen LogP contribution in [0.15, 0.2) is 24.3 Å². The number of nitrogens with one attached hydrogen (secondary N) is 2. The van der Waals surface area contributed by atoms with Gasteiger partial charge in [0.05, 0.1) is 4.75 Å². The fourth-order valence-corrected chi connectivity index (χ4v) is 3.03. The van der Waals surface area contributed by atoms with E-state index in [1.807, 2.05) is 24.3 Å². The zero-order valence-electron chi connectivity index (χ0n) is 16.1. The first-order valence-electron chi connectivity index (χ1n) is 8.96. The number of anilines is 1. The third kappa shape index (κ3) is 7.16. The molecule has 5 nitrogen and oxygen atoms in total. The van der Waals surface area contributed by atoms with Gasteiger partial charge in [0, 0.05) is 18.7 Å². The molecule has 0 saturated heterocycles. The number of hydrogen-bond donors (Lipinski definition) is 2. The predicted octanol–water partition coefficient (Wildman–Crippen LogP) is 4.03. The second-order valence-corrected chi connectivity index (χ2v) is 9.97. The summed E-state index contributed by atoms with van der Waals surface area (Å²) in [5.74, 6) is 0.469. The molecule has 0 spiro atoms. The molecule has 0 aromatic heterocycles. The Morgan fingerprint density at radius 2 is 1.72 bits per heavy atom. The van der Waals surface area contributed by atoms with Crippen LogP contribution in [-0.2, 0) is 14.8 Å². The molecule has 0 saturated carbocycles. The van der Waals surface area contributed by atoms with Gasteiger partial charge in [-0.25, -0.2) is 13.1 Å². The molecule has 0 bridgehead atoms. The van der Waals surface area contributed by atoms with Gasteiger partial charge in [-0.1, -0.05) is 26.0 Å². The lowest BCUT2D eigenvalue weighted by Crippen LogP contribution is -2.39. The summed E-state index contributed by atoms with van der Waals surface area (Å²) in [5, 5.41) is 2.88. The maximum atomic E-state index is 12.0. The van der Waals surface area contributed by atoms with E-state index >= 15 is 0 Å². The Hall–Kier alpha value is -1.40. The molecule has 0 heterocycles. The van der Waals surface area contributed by atoms with Gasteiger partial charge in [0.1, 0.15) is 0 Å². The van der Waals surface area contributed by atoms with Crippen molar-refractivity contribution in [1.82, 2.24) is 4.72 Å². The van der Waals surface area contributed by atoms with Gasteiger partial charge in [-0.3, -0.25) is 4.79 Å². The lowest BCUT2D eigenvalue weighted by molar-refractivity contribution is -0.116. The Bertz CT molecular complexity index is 646. The van der Waals surface area contributed by atoms with Crippen molar-refractivity contribution >= 4 is 21.6 Å². The summed E-state index contributed by atoms with van der Waals surface area (Å²) < 4.78 is 25.6. The average molecular weight is 369 g/mol. The minimum Gasteiger partial charge on any atom is -0.326 e. The van der Waals surface area contributed by atoms with Crippen LogP contribution in [0.3, 0.4) is 0 Å². The van der Waals surface area contributed by atoms with Gasteiger partial charge in [-0.05, 0) is 63.6 Å². The molecule has 0 fully saturated rings. The van der Waals surface area contributed by atoms with E-state index in [9.17, 15) is 13.2 Å². The molecule has 1 atom stereocenters. The first-order chi connectivity index (χ1) is 11.6. The van der Waals surface area contributed by atoms with Crippen LogP contribution in [0.4, 0.5) is 5.69 Å². The van der Waals surface area contributed by atoms with E-state index in [1.54, 1.807) is 20.8 Å². The lowest BCUT2D eigenvalue weighted by atomic mass is 9.99. The summed E-state index contributed by atoms with van der Waals surface area (Å²) in [6, 6.07) is 7.95. The van der Waals surface area contributed by atoms with E-state index in [0.29, 0.717) is 31.7 Å². The fraction of sp³-hybridized carbons (Fsp3) is 0.632. The number of rotatable bonds is 9. The van der Waals surface area contributed by atoms with Crippen LogP contribution >= 0.6 is 0 Å². The van der Waals surface area contributed by atoms with Crippen molar-refractivity contribution in [3.63, 3.8) is 0 Å². The van der Waals surface area contributed by atoms with E-state index in [1.165, 1.54) is 5.56 Å². The highest BCUT2D eigenvalue weighted by Gasteiger charge is 2.27. The highest BCUT2D eigenvalue weighted by Crippen LogP contribution is 2.20. The van der Waals surface area contributed by atoms with Gasteiger partial charge >= 0.3 is 0 Å². The van der Waals surface area contributed by atoms with E-state index in [4.69, 9.17) is 0 Å². The second kappa shape index (κ2) is 9.34. The molecular weight excluding hydrogens is 336 g/mol. The number of hydrogen-bond acceptors (Lipinski definition) is 3. The van der Waals surface area contributed by atoms with Crippen molar-refractivity contribution in [1.29, 1.82) is 0 Å². The molecule has 2 N–H and O–H groups in total. The van der Waals surface area contributed by atoms with Crippen LogP contribution in [0, 0.1) is 0 Å². The van der Waals surface area contributed by atoms with Gasteiger partial charge in [0.2, 0.25) is 15.9 Å². The van der Waals surface area contributed by atoms with Crippen LogP contribution in [-0.4, -0.2) is 25.6 Å². The molecule has 0 radical (unpaired) electrons. The maximum absolute atomic E-state index is 12.0. The standard InChI is InChI=1S/C19H32N2O3S/c1-6-15(2)16-10-12-17(13-11-16)21-18(22)9-7-8-14-20-25(23,24)19(3,4)5/h10-13,15,20H,6-9,14H2,1-5H3,(H,21,22). The third-order valence-electron chi connectivity index (χ3n) is 4.30. The topological polar surface area (TPSA) is 75.3 Å². The zero-order chi connectivity index (χ0) is 19.1. The Kier molecular flexibility index (Phi) is 8.09. The molecule has 1 aromatic carbocycles. The van der Waals surface area contributed by atoms with E-state index in [-0.39, 0.29) is 5.91 Å². The van der Waals surface area contributed by atoms with Crippen molar-refractivity contribution in [3.05, 3.63) is 29.8 Å². The molecule has 1 rings (SSSR count). The summed E-state index contributed by atoms with van der Waals surface area (Å²) in [6.45, 7) is 9.68. The SMILES string of the molecule is CCC(C)c1ccc(NC(=O)CCCCNS(=O)(=O)C(C)(C)C)cc1. The van der Waals surface area contributed by atoms with Gasteiger partial charge in [-0.15, -0.1) is 0 Å². The molecule has 0 aliphatic carbocycles. The van der Waals surface area contributed by atoms with Crippen molar-refractivity contribution in [2.24, 2.45) is 0 Å². The smallest absolute Gasteiger partial charge is 0.224 e. The van der Waals surface area contributed by atoms with E-state index < -0.39 is 14.8 Å². The zero-order valence-corrected chi connectivity index (χ0v) is 16.9. The summed E-state index contributed by atoms with van der Waals surface area (Å²) in [4.78, 5) is 12.0. The highest BCUT2D eigenvalue weighted by atomic mass is 32.2. The monoisotopic (exact) mass is 368 g/mol. The lowest BCUT2D eigenvalue weighted by Gasteiger charge is -2.19. The number of unbranched alkanes of at least 4 members (excludes halogenated alkanes) is 1. The predicted molar refractivity (Wildman–Crippen MR) is 104 cm³/mol. The molecule has 142 valence electrons. The number of carbonyl (C=O) groups is 1. The largest absolute Gasteiger partial charge is 0.326 e. The number of sulfonamides is 1. The molecule has 1 amide bonds. The number of amides is 1. The van der Waals surface area contributed by atoms with Crippen LogP contribution < -0.4 is 10.0 Å². The van der Waals surface area contributed by atoms with Crippen LogP contribution in [0.2, 0.25) is 0 Å². The van der Waals surface area contributed by atoms with E-state index in [2.05, 4.69) is 23.9 Å². The van der Waals surface area contributed by atoms with Crippen molar-refractivity contribution in [2.45, 2.75) is 71.0 Å². The molecule has 0 aliphatic rings. The molecule has 0 aliphatic heterocycles. The van der Waals surface area contributed by atoms with Gasteiger partial charge < -0.3 is 5.32 Å². The normalized spacial score (nSPS) is 13.5. The second-order valence-electron chi connectivity index (χ2n) is 7.45. The average Bonchev–Trinajstić information content (AvgIpc) is 2.53. The van der Waals surface area contributed by atoms with Crippen molar-refractivity contribution < 1.29 is 13.2 Å². The summed E-state index contributed by atoms with van der Waals surface area (Å²) in [7, 11) is -3.31. The first kappa shape index (κ1) is 21.6. The molecule has 6 heteroatoms. The van der Waals surface area contributed by atoms with Crippen LogP contribution in [0.1, 0.15) is 71.8 Å². The van der Waals surface area contributed by atoms with Crippen LogP contribution in [0.5, 0.6) is 0 Å². The Morgan fingerprint density at radius 3 is 2.24 bits per heavy atom. The quantitative estimate of drug-likeness (QED) is 0.646. The van der Waals surface area contributed by atoms with Gasteiger partial charge in [0.15, 0.2) is 0 Å². The summed E-state index contributed by atoms with van der Waals surface area (Å²) in [6.07, 6.45) is 2.74. The molecule has 1 unspecified atom stereocenters. The molecule has 25 heavy (non-hydrogen) atoms. The number of carbonyl (C=O) groups excluding carboxylic acids is 1. The molecule has 1 aromatic rings. The number of benzene rings is 1. The Labute approximate surface area is 152 Å². The summed E-state index contributed by atoms with van der Waals surface area (Å²) >= 11 is 0. The van der Waals surface area contributed by atoms with Crippen LogP contribution in [0.25, 0.3) is 0 Å². The van der Waals surface area contributed by atoms with Gasteiger partial charge in [-0.2, -0.15) is 0 Å². The summed E-state index contributed by atoms with van der Waals surface area (Å²) in [5.41, 5.74) is 2.07. The maximum Gasteiger partial charge on any atom is 0.224 e. The minimum atomic E-state index is -3.31. The fourth-order valence-electron chi connectivity index (χ4n) is 2.19. The van der Waals surface area contributed by atoms with Crippen molar-refractivity contribution in [3.8, 4) is 0 Å². The minimum absolute atomic E-state index is 0.0463.